The molecule has 106 valence electrons. The van der Waals surface area contributed by atoms with Crippen molar-refractivity contribution >= 4 is 5.91 Å². The van der Waals surface area contributed by atoms with Crippen molar-refractivity contribution in [3.05, 3.63) is 23.9 Å². The number of nitrogens with one attached hydrogen (secondary N) is 1. The van der Waals surface area contributed by atoms with Gasteiger partial charge in [-0.3, -0.25) is 4.79 Å². The van der Waals surface area contributed by atoms with Crippen molar-refractivity contribution in [1.29, 1.82) is 0 Å². The van der Waals surface area contributed by atoms with E-state index in [0.717, 1.165) is 0 Å². The topological polar surface area (TPSA) is 77.2 Å². The first kappa shape index (κ1) is 15.2. The normalized spacial score (nSPS) is 12.9. The summed E-state index contributed by atoms with van der Waals surface area (Å²) in [5.74, 6) is -0.574. The van der Waals surface area contributed by atoms with E-state index in [1.807, 2.05) is 0 Å². The largest absolute Gasteiger partial charge is 0.468 e. The number of halogens is 3. The van der Waals surface area contributed by atoms with Crippen molar-refractivity contribution < 1.29 is 22.7 Å². The van der Waals surface area contributed by atoms with Gasteiger partial charge in [0, 0.05) is 18.3 Å². The molecular formula is C11H14F3N3O2. The van der Waals surface area contributed by atoms with Gasteiger partial charge in [-0.15, -0.1) is 0 Å². The van der Waals surface area contributed by atoms with Crippen LogP contribution in [0.5, 0.6) is 5.88 Å². The Morgan fingerprint density at radius 1 is 1.58 bits per heavy atom. The monoisotopic (exact) mass is 277 g/mol. The second-order valence-electron chi connectivity index (χ2n) is 3.88. The summed E-state index contributed by atoms with van der Waals surface area (Å²) >= 11 is 0. The average Bonchev–Trinajstić information content (AvgIpc) is 2.33. The Morgan fingerprint density at radius 3 is 2.84 bits per heavy atom. The highest BCUT2D eigenvalue weighted by atomic mass is 19.4. The van der Waals surface area contributed by atoms with Crippen molar-refractivity contribution in [2.45, 2.75) is 25.7 Å². The molecule has 0 spiro atoms. The Labute approximate surface area is 108 Å². The maximum absolute atomic E-state index is 12.1. The summed E-state index contributed by atoms with van der Waals surface area (Å²) in [6, 6.07) is 2.35. The first-order chi connectivity index (χ1) is 8.79. The molecule has 0 bridgehead atoms. The van der Waals surface area contributed by atoms with Crippen LogP contribution in [0.1, 0.15) is 12.5 Å². The SMILES string of the molecule is CC(N)C(=O)NCc1cccnc1OCC(F)(F)F. The molecule has 0 radical (unpaired) electrons. The van der Waals surface area contributed by atoms with Gasteiger partial charge < -0.3 is 15.8 Å². The van der Waals surface area contributed by atoms with Crippen molar-refractivity contribution in [2.75, 3.05) is 6.61 Å². The van der Waals surface area contributed by atoms with Crippen molar-refractivity contribution in [2.24, 2.45) is 5.73 Å². The van der Waals surface area contributed by atoms with Gasteiger partial charge in [0.25, 0.3) is 0 Å². The fraction of sp³-hybridized carbons (Fsp3) is 0.455. The summed E-state index contributed by atoms with van der Waals surface area (Å²) in [6.45, 7) is 0.0687. The van der Waals surface area contributed by atoms with Crippen LogP contribution in [0.3, 0.4) is 0 Å². The van der Waals surface area contributed by atoms with Crippen molar-refractivity contribution in [3.8, 4) is 5.88 Å². The molecule has 0 aliphatic heterocycles. The Bertz CT molecular complexity index is 435. The lowest BCUT2D eigenvalue weighted by Gasteiger charge is -2.13. The number of nitrogens with two attached hydrogens (primary N) is 1. The maximum Gasteiger partial charge on any atom is 0.422 e. The van der Waals surface area contributed by atoms with Gasteiger partial charge >= 0.3 is 6.18 Å². The molecule has 1 aromatic rings. The Balaban J connectivity index is 2.65. The molecular weight excluding hydrogens is 263 g/mol. The van der Waals surface area contributed by atoms with E-state index < -0.39 is 24.7 Å². The number of ether oxygens (including phenoxy) is 1. The lowest BCUT2D eigenvalue weighted by atomic mass is 10.2. The second kappa shape index (κ2) is 6.37. The molecule has 0 fully saturated rings. The molecule has 0 aliphatic rings. The Kier molecular flexibility index (Phi) is 5.11. The molecule has 3 N–H and O–H groups in total. The maximum atomic E-state index is 12.1. The van der Waals surface area contributed by atoms with E-state index in [1.54, 1.807) is 0 Å². The number of amides is 1. The van der Waals surface area contributed by atoms with E-state index in [-0.39, 0.29) is 12.4 Å². The third kappa shape index (κ3) is 5.56. The smallest absolute Gasteiger partial charge is 0.422 e. The molecule has 19 heavy (non-hydrogen) atoms. The van der Waals surface area contributed by atoms with Crippen LogP contribution in [0.4, 0.5) is 13.2 Å². The fourth-order valence-electron chi connectivity index (χ4n) is 1.18. The van der Waals surface area contributed by atoms with E-state index >= 15 is 0 Å². The zero-order valence-corrected chi connectivity index (χ0v) is 10.2. The Hall–Kier alpha value is -1.83. The minimum absolute atomic E-state index is 0.00139. The van der Waals surface area contributed by atoms with Crippen LogP contribution >= 0.6 is 0 Å². The predicted molar refractivity (Wildman–Crippen MR) is 61.3 cm³/mol. The molecule has 0 aliphatic carbocycles. The van der Waals surface area contributed by atoms with Crippen LogP contribution in [0.2, 0.25) is 0 Å². The van der Waals surface area contributed by atoms with Gasteiger partial charge in [-0.2, -0.15) is 13.2 Å². The quantitative estimate of drug-likeness (QED) is 0.841. The summed E-state index contributed by atoms with van der Waals surface area (Å²) in [5, 5.41) is 2.47. The molecule has 8 heteroatoms. The zero-order valence-electron chi connectivity index (χ0n) is 10.2. The first-order valence-corrected chi connectivity index (χ1v) is 5.46. The minimum Gasteiger partial charge on any atom is -0.468 e. The summed E-state index contributed by atoms with van der Waals surface area (Å²) in [6.07, 6.45) is -3.13. The van der Waals surface area contributed by atoms with Crippen LogP contribution in [0.15, 0.2) is 18.3 Å². The Morgan fingerprint density at radius 2 is 2.26 bits per heavy atom. The van der Waals surface area contributed by atoms with E-state index in [1.165, 1.54) is 25.3 Å². The zero-order chi connectivity index (χ0) is 14.5. The number of aromatic nitrogens is 1. The molecule has 0 saturated heterocycles. The molecule has 5 nitrogen and oxygen atoms in total. The average molecular weight is 277 g/mol. The van der Waals surface area contributed by atoms with E-state index in [4.69, 9.17) is 5.73 Å². The predicted octanol–water partition coefficient (Wildman–Crippen LogP) is 0.986. The van der Waals surface area contributed by atoms with E-state index in [0.29, 0.717) is 5.56 Å². The molecule has 1 aromatic heterocycles. The lowest BCUT2D eigenvalue weighted by Crippen LogP contribution is -2.37. The lowest BCUT2D eigenvalue weighted by molar-refractivity contribution is -0.154. The standard InChI is InChI=1S/C11H14F3N3O2/c1-7(15)9(18)17-5-8-3-2-4-16-10(8)19-6-11(12,13)14/h2-4,7H,5-6,15H2,1H3,(H,17,18). The van der Waals surface area contributed by atoms with Crippen LogP contribution in [0, 0.1) is 0 Å². The highest BCUT2D eigenvalue weighted by Crippen LogP contribution is 2.19. The van der Waals surface area contributed by atoms with Crippen molar-refractivity contribution in [1.82, 2.24) is 10.3 Å². The number of rotatable bonds is 5. The van der Waals surface area contributed by atoms with Gasteiger partial charge in [-0.25, -0.2) is 4.98 Å². The number of hydrogen-bond donors (Lipinski definition) is 2. The number of carbonyl (C=O) groups excluding carboxylic acids is 1. The number of nitrogens with zero attached hydrogens (tertiary/aromatic N) is 1. The molecule has 1 heterocycles. The van der Waals surface area contributed by atoms with Crippen LogP contribution < -0.4 is 15.8 Å². The summed E-state index contributed by atoms with van der Waals surface area (Å²) < 4.78 is 40.7. The first-order valence-electron chi connectivity index (χ1n) is 5.46. The number of alkyl halides is 3. The summed E-state index contributed by atoms with van der Waals surface area (Å²) in [7, 11) is 0. The number of carbonyl (C=O) groups is 1. The number of hydrogen-bond acceptors (Lipinski definition) is 4. The van der Waals surface area contributed by atoms with Gasteiger partial charge in [0.1, 0.15) is 0 Å². The molecule has 1 rings (SSSR count). The molecule has 0 aromatic carbocycles. The third-order valence-corrected chi connectivity index (χ3v) is 2.09. The highest BCUT2D eigenvalue weighted by molar-refractivity contribution is 5.80. The van der Waals surface area contributed by atoms with Gasteiger partial charge in [0.2, 0.25) is 11.8 Å². The molecule has 0 saturated carbocycles. The minimum atomic E-state index is -4.44. The van der Waals surface area contributed by atoms with E-state index in [9.17, 15) is 18.0 Å². The summed E-state index contributed by atoms with van der Waals surface area (Å²) in [4.78, 5) is 15.0. The van der Waals surface area contributed by atoms with Gasteiger partial charge in [-0.1, -0.05) is 6.07 Å². The molecule has 1 unspecified atom stereocenters. The van der Waals surface area contributed by atoms with Crippen LogP contribution in [-0.4, -0.2) is 29.7 Å². The highest BCUT2D eigenvalue weighted by Gasteiger charge is 2.29. The number of pyridine rings is 1. The van der Waals surface area contributed by atoms with E-state index in [2.05, 4.69) is 15.0 Å². The molecule has 1 atom stereocenters. The fourth-order valence-corrected chi connectivity index (χ4v) is 1.18. The van der Waals surface area contributed by atoms with Crippen LogP contribution in [0.25, 0.3) is 0 Å². The third-order valence-electron chi connectivity index (χ3n) is 2.09. The summed E-state index contributed by atoms with van der Waals surface area (Å²) in [5.41, 5.74) is 5.69. The van der Waals surface area contributed by atoms with Gasteiger partial charge in [0.15, 0.2) is 6.61 Å². The van der Waals surface area contributed by atoms with Crippen molar-refractivity contribution in [3.63, 3.8) is 0 Å². The molecule has 1 amide bonds. The van der Waals surface area contributed by atoms with Crippen LogP contribution in [-0.2, 0) is 11.3 Å². The second-order valence-corrected chi connectivity index (χ2v) is 3.88. The van der Waals surface area contributed by atoms with Gasteiger partial charge in [-0.05, 0) is 13.0 Å². The van der Waals surface area contributed by atoms with Gasteiger partial charge in [0.05, 0.1) is 6.04 Å².